The maximum absolute atomic E-state index is 10.2. The average molecular weight is 234 g/mol. The van der Waals surface area contributed by atoms with Gasteiger partial charge in [0.05, 0.1) is 20.4 Å². The molecule has 0 saturated carbocycles. The van der Waals surface area contributed by atoms with Crippen LogP contribution >= 0.6 is 0 Å². The third kappa shape index (κ3) is 2.24. The molecule has 0 bridgehead atoms. The lowest BCUT2D eigenvalue weighted by molar-refractivity contribution is 0.214. The number of hydrogen-bond acceptors (Lipinski definition) is 4. The smallest absolute Gasteiger partial charge is 0.125 e. The molecule has 0 amide bonds. The summed E-state index contributed by atoms with van der Waals surface area (Å²) < 4.78 is 10.3. The lowest BCUT2D eigenvalue weighted by Crippen LogP contribution is -2.02. The topological polar surface area (TPSA) is 67.4 Å². The summed E-state index contributed by atoms with van der Waals surface area (Å²) in [5.74, 6) is 1.28. The molecule has 0 aliphatic heterocycles. The Labute approximate surface area is 99.0 Å². The Balaban J connectivity index is 2.41. The van der Waals surface area contributed by atoms with E-state index < -0.39 is 6.10 Å². The second-order valence-corrected chi connectivity index (χ2v) is 3.54. The van der Waals surface area contributed by atoms with Crippen LogP contribution in [0, 0.1) is 0 Å². The fraction of sp³-hybridized carbons (Fsp3) is 0.250. The number of aromatic nitrogens is 2. The normalized spacial score (nSPS) is 12.2. The number of methoxy groups -OCH3 is 2. The van der Waals surface area contributed by atoms with Crippen LogP contribution in [0.4, 0.5) is 0 Å². The van der Waals surface area contributed by atoms with E-state index in [4.69, 9.17) is 9.47 Å². The van der Waals surface area contributed by atoms with Gasteiger partial charge in [0.1, 0.15) is 17.6 Å². The number of H-pyrrole nitrogens is 1. The van der Waals surface area contributed by atoms with E-state index >= 15 is 0 Å². The standard InChI is InChI=1S/C12H14N2O3/c1-16-9-3-4-11(17-2)10(5-9)12(15)8-6-13-14-7-8/h3-7,12,15H,1-2H3,(H,13,14). The molecule has 90 valence electrons. The highest BCUT2D eigenvalue weighted by atomic mass is 16.5. The van der Waals surface area contributed by atoms with Crippen molar-refractivity contribution in [3.8, 4) is 11.5 Å². The molecule has 5 heteroatoms. The van der Waals surface area contributed by atoms with E-state index in [1.807, 2.05) is 0 Å². The molecular weight excluding hydrogens is 220 g/mol. The van der Waals surface area contributed by atoms with Gasteiger partial charge in [-0.3, -0.25) is 5.10 Å². The van der Waals surface area contributed by atoms with E-state index in [0.29, 0.717) is 22.6 Å². The fourth-order valence-corrected chi connectivity index (χ4v) is 1.64. The van der Waals surface area contributed by atoms with Crippen molar-refractivity contribution >= 4 is 0 Å². The molecule has 0 radical (unpaired) electrons. The summed E-state index contributed by atoms with van der Waals surface area (Å²) in [6.45, 7) is 0. The second kappa shape index (κ2) is 4.88. The Morgan fingerprint density at radius 2 is 2.12 bits per heavy atom. The Bertz CT molecular complexity index is 483. The molecule has 0 saturated heterocycles. The number of ether oxygens (including phenoxy) is 2. The van der Waals surface area contributed by atoms with E-state index in [9.17, 15) is 5.11 Å². The van der Waals surface area contributed by atoms with Gasteiger partial charge in [0.2, 0.25) is 0 Å². The van der Waals surface area contributed by atoms with Crippen LogP contribution in [0.1, 0.15) is 17.2 Å². The molecule has 1 aromatic heterocycles. The van der Waals surface area contributed by atoms with Crippen LogP contribution in [0.25, 0.3) is 0 Å². The minimum atomic E-state index is -0.793. The van der Waals surface area contributed by atoms with Crippen LogP contribution in [0.5, 0.6) is 11.5 Å². The molecule has 1 atom stereocenters. The summed E-state index contributed by atoms with van der Waals surface area (Å²) in [6.07, 6.45) is 2.42. The lowest BCUT2D eigenvalue weighted by Gasteiger charge is -2.14. The molecule has 0 aliphatic rings. The SMILES string of the molecule is COc1ccc(OC)c(C(O)c2cn[nH]c2)c1. The van der Waals surface area contributed by atoms with Crippen LogP contribution in [0.2, 0.25) is 0 Å². The first-order valence-corrected chi connectivity index (χ1v) is 5.15. The highest BCUT2D eigenvalue weighted by molar-refractivity contribution is 5.44. The molecule has 1 unspecified atom stereocenters. The van der Waals surface area contributed by atoms with E-state index in [1.54, 1.807) is 44.8 Å². The van der Waals surface area contributed by atoms with Crippen molar-refractivity contribution in [2.75, 3.05) is 14.2 Å². The number of rotatable bonds is 4. The first-order valence-electron chi connectivity index (χ1n) is 5.15. The molecule has 2 N–H and O–H groups in total. The van der Waals surface area contributed by atoms with Gasteiger partial charge in [-0.1, -0.05) is 0 Å². The number of nitrogens with zero attached hydrogens (tertiary/aromatic N) is 1. The van der Waals surface area contributed by atoms with Crippen molar-refractivity contribution in [2.24, 2.45) is 0 Å². The van der Waals surface area contributed by atoms with Crippen LogP contribution in [0.15, 0.2) is 30.6 Å². The van der Waals surface area contributed by atoms with Crippen LogP contribution in [0.3, 0.4) is 0 Å². The van der Waals surface area contributed by atoms with Gasteiger partial charge < -0.3 is 14.6 Å². The summed E-state index contributed by atoms with van der Waals surface area (Å²) in [6, 6.07) is 5.29. The molecule has 0 aliphatic carbocycles. The zero-order chi connectivity index (χ0) is 12.3. The van der Waals surface area contributed by atoms with Gasteiger partial charge in [0.25, 0.3) is 0 Å². The zero-order valence-electron chi connectivity index (χ0n) is 9.68. The summed E-state index contributed by atoms with van der Waals surface area (Å²) in [4.78, 5) is 0. The molecular formula is C12H14N2O3. The number of aliphatic hydroxyl groups is 1. The van der Waals surface area contributed by atoms with E-state index in [2.05, 4.69) is 10.2 Å². The van der Waals surface area contributed by atoms with Gasteiger partial charge in [0.15, 0.2) is 0 Å². The number of aliphatic hydroxyl groups excluding tert-OH is 1. The van der Waals surface area contributed by atoms with Crippen molar-refractivity contribution in [3.05, 3.63) is 41.7 Å². The van der Waals surface area contributed by atoms with Crippen molar-refractivity contribution in [2.45, 2.75) is 6.10 Å². The molecule has 5 nitrogen and oxygen atoms in total. The Morgan fingerprint density at radius 1 is 1.29 bits per heavy atom. The molecule has 17 heavy (non-hydrogen) atoms. The Hall–Kier alpha value is -2.01. The third-order valence-electron chi connectivity index (χ3n) is 2.57. The summed E-state index contributed by atoms with van der Waals surface area (Å²) in [5, 5.41) is 16.7. The number of aromatic amines is 1. The van der Waals surface area contributed by atoms with Gasteiger partial charge in [-0.2, -0.15) is 5.10 Å². The minimum absolute atomic E-state index is 0.611. The van der Waals surface area contributed by atoms with Gasteiger partial charge in [-0.25, -0.2) is 0 Å². The zero-order valence-corrected chi connectivity index (χ0v) is 9.68. The van der Waals surface area contributed by atoms with Gasteiger partial charge in [0, 0.05) is 17.3 Å². The van der Waals surface area contributed by atoms with E-state index in [0.717, 1.165) is 0 Å². The maximum Gasteiger partial charge on any atom is 0.125 e. The first kappa shape index (κ1) is 11.5. The fourth-order valence-electron chi connectivity index (χ4n) is 1.64. The van der Waals surface area contributed by atoms with E-state index in [-0.39, 0.29) is 0 Å². The molecule has 0 spiro atoms. The van der Waals surface area contributed by atoms with Crippen LogP contribution in [-0.4, -0.2) is 29.5 Å². The predicted molar refractivity (Wildman–Crippen MR) is 62.2 cm³/mol. The lowest BCUT2D eigenvalue weighted by atomic mass is 10.0. The van der Waals surface area contributed by atoms with Gasteiger partial charge in [-0.05, 0) is 18.2 Å². The Morgan fingerprint density at radius 3 is 2.71 bits per heavy atom. The summed E-state index contributed by atoms with van der Waals surface area (Å²) >= 11 is 0. The van der Waals surface area contributed by atoms with Gasteiger partial charge >= 0.3 is 0 Å². The van der Waals surface area contributed by atoms with Gasteiger partial charge in [-0.15, -0.1) is 0 Å². The number of hydrogen-bond donors (Lipinski definition) is 2. The number of benzene rings is 1. The van der Waals surface area contributed by atoms with Crippen molar-refractivity contribution in [3.63, 3.8) is 0 Å². The second-order valence-electron chi connectivity index (χ2n) is 3.54. The quantitative estimate of drug-likeness (QED) is 0.841. The average Bonchev–Trinajstić information content (AvgIpc) is 2.91. The van der Waals surface area contributed by atoms with Crippen LogP contribution < -0.4 is 9.47 Å². The predicted octanol–water partition coefficient (Wildman–Crippen LogP) is 1.51. The highest BCUT2D eigenvalue weighted by Crippen LogP contribution is 2.32. The highest BCUT2D eigenvalue weighted by Gasteiger charge is 2.17. The van der Waals surface area contributed by atoms with Crippen LogP contribution in [-0.2, 0) is 0 Å². The largest absolute Gasteiger partial charge is 0.497 e. The number of nitrogens with one attached hydrogen (secondary N) is 1. The molecule has 2 rings (SSSR count). The molecule has 1 aromatic carbocycles. The van der Waals surface area contributed by atoms with Crippen molar-refractivity contribution in [1.82, 2.24) is 10.2 Å². The third-order valence-corrected chi connectivity index (χ3v) is 2.57. The summed E-state index contributed by atoms with van der Waals surface area (Å²) in [5.41, 5.74) is 1.32. The molecule has 0 fully saturated rings. The summed E-state index contributed by atoms with van der Waals surface area (Å²) in [7, 11) is 3.14. The first-order chi connectivity index (χ1) is 8.26. The maximum atomic E-state index is 10.2. The Kier molecular flexibility index (Phi) is 3.30. The van der Waals surface area contributed by atoms with Crippen molar-refractivity contribution in [1.29, 1.82) is 0 Å². The monoisotopic (exact) mass is 234 g/mol. The van der Waals surface area contributed by atoms with Crippen molar-refractivity contribution < 1.29 is 14.6 Å². The minimum Gasteiger partial charge on any atom is -0.497 e. The van der Waals surface area contributed by atoms with E-state index in [1.165, 1.54) is 0 Å². The molecule has 2 aromatic rings. The molecule has 1 heterocycles.